The third kappa shape index (κ3) is 4.47. The molecule has 0 spiro atoms. The molecule has 2 rings (SSSR count). The van der Waals surface area contributed by atoms with Gasteiger partial charge < -0.3 is 10.0 Å². The number of carbonyl (C=O) groups is 1. The van der Waals surface area contributed by atoms with E-state index in [1.54, 1.807) is 17.9 Å². The third-order valence-electron chi connectivity index (χ3n) is 4.54. The highest BCUT2D eigenvalue weighted by Gasteiger charge is 2.31. The minimum Gasteiger partial charge on any atom is -0.391 e. The average molecular weight is 329 g/mol. The molecule has 3 atom stereocenters. The van der Waals surface area contributed by atoms with Crippen molar-refractivity contribution >= 4 is 5.91 Å². The fourth-order valence-corrected chi connectivity index (χ4v) is 2.81. The molecule has 128 valence electrons. The lowest BCUT2D eigenvalue weighted by Gasteiger charge is -2.34. The lowest BCUT2D eigenvalue weighted by Crippen LogP contribution is -2.46. The van der Waals surface area contributed by atoms with Gasteiger partial charge in [0.25, 0.3) is 0 Å². The maximum Gasteiger partial charge on any atom is 0.416 e. The first-order valence-corrected chi connectivity index (χ1v) is 7.81. The SMILES string of the molecule is CC(CC(=O)N1CCC(C)C(O)C1)c1cccc(C(F)(F)F)c1. The summed E-state index contributed by atoms with van der Waals surface area (Å²) in [6, 6.07) is 5.11. The zero-order valence-corrected chi connectivity index (χ0v) is 13.3. The van der Waals surface area contributed by atoms with Gasteiger partial charge in [-0.05, 0) is 29.9 Å². The summed E-state index contributed by atoms with van der Waals surface area (Å²) in [4.78, 5) is 13.9. The van der Waals surface area contributed by atoms with Crippen LogP contribution in [0, 0.1) is 5.92 Å². The topological polar surface area (TPSA) is 40.5 Å². The molecule has 0 aromatic heterocycles. The lowest BCUT2D eigenvalue weighted by atomic mass is 9.93. The van der Waals surface area contributed by atoms with Crippen LogP contribution in [0.25, 0.3) is 0 Å². The molecule has 1 fully saturated rings. The second-order valence-electron chi connectivity index (χ2n) is 6.40. The first-order valence-electron chi connectivity index (χ1n) is 7.81. The Hall–Kier alpha value is -1.56. The number of nitrogens with zero attached hydrogens (tertiary/aromatic N) is 1. The van der Waals surface area contributed by atoms with Crippen LogP contribution in [0.2, 0.25) is 0 Å². The van der Waals surface area contributed by atoms with Gasteiger partial charge in [-0.2, -0.15) is 13.2 Å². The second kappa shape index (κ2) is 6.91. The minimum atomic E-state index is -4.38. The molecule has 3 unspecified atom stereocenters. The van der Waals surface area contributed by atoms with Crippen LogP contribution in [0.1, 0.15) is 43.7 Å². The number of hydrogen-bond acceptors (Lipinski definition) is 2. The van der Waals surface area contributed by atoms with E-state index in [4.69, 9.17) is 0 Å². The van der Waals surface area contributed by atoms with Gasteiger partial charge >= 0.3 is 6.18 Å². The summed E-state index contributed by atoms with van der Waals surface area (Å²) < 4.78 is 38.3. The molecule has 1 aromatic carbocycles. The van der Waals surface area contributed by atoms with Crippen molar-refractivity contribution in [3.63, 3.8) is 0 Å². The number of likely N-dealkylation sites (tertiary alicyclic amines) is 1. The van der Waals surface area contributed by atoms with Crippen LogP contribution in [0.3, 0.4) is 0 Å². The van der Waals surface area contributed by atoms with Crippen molar-refractivity contribution in [3.05, 3.63) is 35.4 Å². The zero-order valence-electron chi connectivity index (χ0n) is 13.3. The molecule has 1 saturated heterocycles. The number of rotatable bonds is 3. The van der Waals surface area contributed by atoms with Gasteiger partial charge in [0.15, 0.2) is 0 Å². The second-order valence-corrected chi connectivity index (χ2v) is 6.40. The van der Waals surface area contributed by atoms with E-state index in [9.17, 15) is 23.1 Å². The monoisotopic (exact) mass is 329 g/mol. The Morgan fingerprint density at radius 2 is 2.13 bits per heavy atom. The summed E-state index contributed by atoms with van der Waals surface area (Å²) in [5, 5.41) is 9.86. The van der Waals surface area contributed by atoms with Crippen LogP contribution < -0.4 is 0 Å². The van der Waals surface area contributed by atoms with Crippen LogP contribution in [0.4, 0.5) is 13.2 Å². The number of amides is 1. The van der Waals surface area contributed by atoms with Crippen molar-refractivity contribution in [2.75, 3.05) is 13.1 Å². The molecule has 0 aliphatic carbocycles. The number of hydrogen-bond donors (Lipinski definition) is 1. The first-order chi connectivity index (χ1) is 10.7. The Morgan fingerprint density at radius 1 is 1.43 bits per heavy atom. The van der Waals surface area contributed by atoms with Crippen LogP contribution in [0.5, 0.6) is 0 Å². The molecular weight excluding hydrogens is 307 g/mol. The van der Waals surface area contributed by atoms with Crippen molar-refractivity contribution < 1.29 is 23.1 Å². The minimum absolute atomic E-state index is 0.124. The molecule has 1 amide bonds. The van der Waals surface area contributed by atoms with Gasteiger partial charge in [0.2, 0.25) is 5.91 Å². The molecule has 6 heteroatoms. The van der Waals surface area contributed by atoms with E-state index in [1.165, 1.54) is 6.07 Å². The van der Waals surface area contributed by atoms with Gasteiger partial charge in [-0.1, -0.05) is 32.0 Å². The van der Waals surface area contributed by atoms with Gasteiger partial charge in [-0.25, -0.2) is 0 Å². The highest BCUT2D eigenvalue weighted by atomic mass is 19.4. The number of piperidine rings is 1. The van der Waals surface area contributed by atoms with Gasteiger partial charge in [0.1, 0.15) is 0 Å². The van der Waals surface area contributed by atoms with Crippen LogP contribution in [-0.2, 0) is 11.0 Å². The number of benzene rings is 1. The van der Waals surface area contributed by atoms with E-state index in [1.807, 2.05) is 6.92 Å². The maximum atomic E-state index is 12.8. The molecule has 1 aliphatic heterocycles. The van der Waals surface area contributed by atoms with E-state index in [2.05, 4.69) is 0 Å². The molecule has 0 radical (unpaired) electrons. The van der Waals surface area contributed by atoms with Crippen LogP contribution >= 0.6 is 0 Å². The summed E-state index contributed by atoms with van der Waals surface area (Å²) in [7, 11) is 0. The molecular formula is C17H22F3NO2. The molecule has 23 heavy (non-hydrogen) atoms. The molecule has 1 aromatic rings. The molecule has 1 N–H and O–H groups in total. The van der Waals surface area contributed by atoms with Gasteiger partial charge in [0, 0.05) is 19.5 Å². The Kier molecular flexibility index (Phi) is 5.34. The maximum absolute atomic E-state index is 12.8. The Labute approximate surface area is 134 Å². The fourth-order valence-electron chi connectivity index (χ4n) is 2.81. The van der Waals surface area contributed by atoms with E-state index >= 15 is 0 Å². The van der Waals surface area contributed by atoms with Crippen LogP contribution in [-0.4, -0.2) is 35.1 Å². The van der Waals surface area contributed by atoms with Gasteiger partial charge in [-0.3, -0.25) is 4.79 Å². The number of aliphatic hydroxyl groups is 1. The Balaban J connectivity index is 2.01. The highest BCUT2D eigenvalue weighted by molar-refractivity contribution is 5.77. The highest BCUT2D eigenvalue weighted by Crippen LogP contribution is 2.32. The largest absolute Gasteiger partial charge is 0.416 e. The quantitative estimate of drug-likeness (QED) is 0.923. The van der Waals surface area contributed by atoms with Crippen molar-refractivity contribution in [3.8, 4) is 0 Å². The Bertz CT molecular complexity index is 559. The third-order valence-corrected chi connectivity index (χ3v) is 4.54. The summed E-state index contributed by atoms with van der Waals surface area (Å²) in [6.07, 6.45) is -4.03. The number of β-amino-alcohol motifs (C(OH)–C–C–N with tert-alkyl or cyclic N) is 1. The number of aliphatic hydroxyl groups excluding tert-OH is 1. The van der Waals surface area contributed by atoms with Crippen molar-refractivity contribution in [2.45, 2.75) is 44.9 Å². The standard InChI is InChI=1S/C17H22F3NO2/c1-11-6-7-21(10-15(11)22)16(23)8-12(2)13-4-3-5-14(9-13)17(18,19)20/h3-5,9,11-12,15,22H,6-8,10H2,1-2H3. The van der Waals surface area contributed by atoms with Crippen molar-refractivity contribution in [2.24, 2.45) is 5.92 Å². The van der Waals surface area contributed by atoms with Crippen molar-refractivity contribution in [1.29, 1.82) is 0 Å². The average Bonchev–Trinajstić information content (AvgIpc) is 2.49. The van der Waals surface area contributed by atoms with Crippen LogP contribution in [0.15, 0.2) is 24.3 Å². The molecule has 1 aliphatic rings. The predicted molar refractivity (Wildman–Crippen MR) is 80.8 cm³/mol. The van der Waals surface area contributed by atoms with Gasteiger partial charge in [0.05, 0.1) is 11.7 Å². The van der Waals surface area contributed by atoms with E-state index in [0.717, 1.165) is 18.6 Å². The number of halogens is 3. The van der Waals surface area contributed by atoms with E-state index in [0.29, 0.717) is 18.7 Å². The fraction of sp³-hybridized carbons (Fsp3) is 0.588. The molecule has 0 saturated carbocycles. The lowest BCUT2D eigenvalue weighted by molar-refractivity contribution is -0.137. The summed E-state index contributed by atoms with van der Waals surface area (Å²) in [5.74, 6) is -0.262. The summed E-state index contributed by atoms with van der Waals surface area (Å²) in [6.45, 7) is 4.58. The summed E-state index contributed by atoms with van der Waals surface area (Å²) >= 11 is 0. The normalized spacial score (nSPS) is 23.7. The predicted octanol–water partition coefficient (Wildman–Crippen LogP) is 3.43. The number of carbonyl (C=O) groups excluding carboxylic acids is 1. The number of alkyl halides is 3. The zero-order chi connectivity index (χ0) is 17.2. The van der Waals surface area contributed by atoms with E-state index < -0.39 is 17.8 Å². The smallest absolute Gasteiger partial charge is 0.391 e. The first kappa shape index (κ1) is 17.8. The molecule has 0 bridgehead atoms. The van der Waals surface area contributed by atoms with Crippen molar-refractivity contribution in [1.82, 2.24) is 4.90 Å². The summed E-state index contributed by atoms with van der Waals surface area (Å²) in [5.41, 5.74) is -0.199. The van der Waals surface area contributed by atoms with E-state index in [-0.39, 0.29) is 24.2 Å². The van der Waals surface area contributed by atoms with Gasteiger partial charge in [-0.15, -0.1) is 0 Å². The molecule has 1 heterocycles. The molecule has 3 nitrogen and oxygen atoms in total. The Morgan fingerprint density at radius 3 is 2.74 bits per heavy atom.